The molecule has 0 radical (unpaired) electrons. The molecule has 0 aliphatic heterocycles. The maximum absolute atomic E-state index is 2.28. The van der Waals surface area contributed by atoms with Gasteiger partial charge in [-0.05, 0) is 5.92 Å². The van der Waals surface area contributed by atoms with Gasteiger partial charge in [0, 0.05) is 0 Å². The Labute approximate surface area is 56.3 Å². The van der Waals surface area contributed by atoms with Gasteiger partial charge in [-0.2, -0.15) is 0 Å². The molecule has 0 heterocycles. The second-order valence-corrected chi connectivity index (χ2v) is 1.68. The average Bonchev–Trinajstić information content (AvgIpc) is 1.75. The molecule has 0 spiro atoms. The van der Waals surface area contributed by atoms with Crippen LogP contribution in [-0.2, 0) is 0 Å². The zero-order valence-corrected chi connectivity index (χ0v) is 2.99. The standard InChI is InChI=1S/C4H8.4CH4/c1-4-2-3-4;;;;/h4H,2-3H2,1H3;4*1H4. The Morgan fingerprint density at radius 2 is 1.00 bits per heavy atom. The molecule has 0 unspecified atom stereocenters. The van der Waals surface area contributed by atoms with Gasteiger partial charge < -0.3 is 0 Å². The molecule has 0 bridgehead atoms. The van der Waals surface area contributed by atoms with Crippen LogP contribution >= 0.6 is 0 Å². The van der Waals surface area contributed by atoms with Crippen LogP contribution in [-0.4, -0.2) is 0 Å². The molecule has 1 rings (SSSR count). The minimum Gasteiger partial charge on any atom is -0.0776 e. The highest BCUT2D eigenvalue weighted by molar-refractivity contribution is 4.65. The van der Waals surface area contributed by atoms with Crippen LogP contribution in [0.15, 0.2) is 0 Å². The fourth-order valence-corrected chi connectivity index (χ4v) is 0.167. The van der Waals surface area contributed by atoms with Gasteiger partial charge in [0.25, 0.3) is 0 Å². The van der Waals surface area contributed by atoms with E-state index in [0.717, 1.165) is 5.92 Å². The minimum atomic E-state index is 0. The summed E-state index contributed by atoms with van der Waals surface area (Å²) in [5.41, 5.74) is 0. The summed E-state index contributed by atoms with van der Waals surface area (Å²) in [5.74, 6) is 1.08. The molecule has 0 aromatic carbocycles. The molecule has 0 N–H and O–H groups in total. The lowest BCUT2D eigenvalue weighted by Gasteiger charge is -1.53. The zero-order valence-electron chi connectivity index (χ0n) is 2.99. The van der Waals surface area contributed by atoms with E-state index in [1.54, 1.807) is 0 Å². The van der Waals surface area contributed by atoms with Crippen molar-refractivity contribution >= 4 is 0 Å². The Hall–Kier alpha value is 0. The first-order valence-electron chi connectivity index (χ1n) is 1.89. The van der Waals surface area contributed by atoms with E-state index in [2.05, 4.69) is 6.92 Å². The first-order chi connectivity index (χ1) is 1.89. The quantitative estimate of drug-likeness (QED) is 0.454. The lowest BCUT2D eigenvalue weighted by molar-refractivity contribution is 0.983. The van der Waals surface area contributed by atoms with Crippen molar-refractivity contribution < 1.29 is 0 Å². The molecular formula is C8H24. The Balaban J connectivity index is -0.0000000200. The average molecular weight is 120 g/mol. The van der Waals surface area contributed by atoms with Crippen molar-refractivity contribution in [2.45, 2.75) is 49.5 Å². The van der Waals surface area contributed by atoms with Crippen LogP contribution in [0.4, 0.5) is 0 Å². The number of rotatable bonds is 0. The van der Waals surface area contributed by atoms with Crippen LogP contribution in [0.1, 0.15) is 49.5 Å². The van der Waals surface area contributed by atoms with Gasteiger partial charge in [0.1, 0.15) is 0 Å². The van der Waals surface area contributed by atoms with E-state index in [1.807, 2.05) is 0 Å². The summed E-state index contributed by atoms with van der Waals surface area (Å²) in [6.45, 7) is 2.28. The van der Waals surface area contributed by atoms with Gasteiger partial charge in [-0.15, -0.1) is 0 Å². The van der Waals surface area contributed by atoms with Gasteiger partial charge in [0.05, 0.1) is 0 Å². The van der Waals surface area contributed by atoms with Crippen LogP contribution in [0.5, 0.6) is 0 Å². The van der Waals surface area contributed by atoms with Crippen molar-refractivity contribution in [3.8, 4) is 0 Å². The van der Waals surface area contributed by atoms with Gasteiger partial charge in [0.2, 0.25) is 0 Å². The van der Waals surface area contributed by atoms with Crippen LogP contribution in [0.25, 0.3) is 0 Å². The van der Waals surface area contributed by atoms with E-state index >= 15 is 0 Å². The third-order valence-corrected chi connectivity index (χ3v) is 0.866. The smallest absolute Gasteiger partial charge is 0.0443 e. The molecule has 0 aromatic rings. The topological polar surface area (TPSA) is 0 Å². The molecule has 0 amide bonds. The highest BCUT2D eigenvalue weighted by Gasteiger charge is 2.12. The summed E-state index contributed by atoms with van der Waals surface area (Å²) < 4.78 is 0. The Morgan fingerprint density at radius 3 is 1.00 bits per heavy atom. The monoisotopic (exact) mass is 120 g/mol. The Morgan fingerprint density at radius 1 is 0.875 bits per heavy atom. The highest BCUT2D eigenvalue weighted by Crippen LogP contribution is 2.26. The minimum absolute atomic E-state index is 0. The molecule has 0 nitrogen and oxygen atoms in total. The number of hydrogen-bond donors (Lipinski definition) is 0. The molecule has 1 aliphatic rings. The van der Waals surface area contributed by atoms with E-state index in [9.17, 15) is 0 Å². The van der Waals surface area contributed by atoms with E-state index in [1.165, 1.54) is 12.8 Å². The maximum Gasteiger partial charge on any atom is -0.0443 e. The molecule has 8 heavy (non-hydrogen) atoms. The summed E-state index contributed by atoms with van der Waals surface area (Å²) in [4.78, 5) is 0. The molecular weight excluding hydrogens is 96.1 g/mol. The van der Waals surface area contributed by atoms with Crippen molar-refractivity contribution in [2.75, 3.05) is 0 Å². The first kappa shape index (κ1) is 24.5. The molecule has 0 heteroatoms. The molecule has 1 aliphatic carbocycles. The summed E-state index contributed by atoms with van der Waals surface area (Å²) in [6.07, 6.45) is 2.97. The fraction of sp³-hybridized carbons (Fsp3) is 1.00. The maximum atomic E-state index is 2.28. The van der Waals surface area contributed by atoms with E-state index in [-0.39, 0.29) is 29.7 Å². The van der Waals surface area contributed by atoms with Crippen LogP contribution in [0.3, 0.4) is 0 Å². The van der Waals surface area contributed by atoms with Gasteiger partial charge in [-0.1, -0.05) is 49.5 Å². The largest absolute Gasteiger partial charge is 0.0776 e. The molecule has 1 saturated carbocycles. The summed E-state index contributed by atoms with van der Waals surface area (Å²) in [7, 11) is 0. The normalized spacial score (nSPS) is 13.1. The fourth-order valence-electron chi connectivity index (χ4n) is 0.167. The SMILES string of the molecule is C.C.C.C.CC1CC1. The van der Waals surface area contributed by atoms with Gasteiger partial charge in [0.15, 0.2) is 0 Å². The van der Waals surface area contributed by atoms with E-state index < -0.39 is 0 Å². The summed E-state index contributed by atoms with van der Waals surface area (Å²) >= 11 is 0. The van der Waals surface area contributed by atoms with Crippen molar-refractivity contribution in [1.82, 2.24) is 0 Å². The van der Waals surface area contributed by atoms with Gasteiger partial charge >= 0.3 is 0 Å². The van der Waals surface area contributed by atoms with Crippen LogP contribution in [0.2, 0.25) is 0 Å². The van der Waals surface area contributed by atoms with Crippen molar-refractivity contribution in [2.24, 2.45) is 5.92 Å². The highest BCUT2D eigenvalue weighted by atomic mass is 14.2. The Bertz CT molecular complexity index is 19.2. The van der Waals surface area contributed by atoms with Gasteiger partial charge in [-0.3, -0.25) is 0 Å². The second-order valence-electron chi connectivity index (χ2n) is 1.68. The predicted molar refractivity (Wildman–Crippen MR) is 45.3 cm³/mol. The number of hydrogen-bond acceptors (Lipinski definition) is 0. The third kappa shape index (κ3) is 16.7. The summed E-state index contributed by atoms with van der Waals surface area (Å²) in [6, 6.07) is 0. The lowest BCUT2D eigenvalue weighted by Crippen LogP contribution is -1.42. The van der Waals surface area contributed by atoms with Gasteiger partial charge in [-0.25, -0.2) is 0 Å². The first-order valence-corrected chi connectivity index (χ1v) is 1.89. The molecule has 56 valence electrons. The third-order valence-electron chi connectivity index (χ3n) is 0.866. The van der Waals surface area contributed by atoms with Crippen LogP contribution in [0, 0.1) is 5.92 Å². The van der Waals surface area contributed by atoms with Crippen molar-refractivity contribution in [3.05, 3.63) is 0 Å². The molecule has 0 saturated heterocycles. The Kier molecular flexibility index (Phi) is 30.9. The predicted octanol–water partition coefficient (Wildman–Crippen LogP) is 3.96. The molecule has 0 atom stereocenters. The second kappa shape index (κ2) is 10.1. The summed E-state index contributed by atoms with van der Waals surface area (Å²) in [5, 5.41) is 0. The van der Waals surface area contributed by atoms with Crippen molar-refractivity contribution in [3.63, 3.8) is 0 Å². The van der Waals surface area contributed by atoms with Crippen LogP contribution < -0.4 is 0 Å². The molecule has 0 aromatic heterocycles. The molecule has 1 fully saturated rings. The lowest BCUT2D eigenvalue weighted by atomic mass is 10.5. The van der Waals surface area contributed by atoms with E-state index in [4.69, 9.17) is 0 Å². The zero-order chi connectivity index (χ0) is 2.99. The van der Waals surface area contributed by atoms with E-state index in [0.29, 0.717) is 0 Å². The van der Waals surface area contributed by atoms with Crippen molar-refractivity contribution in [1.29, 1.82) is 0 Å².